The Morgan fingerprint density at radius 3 is 2.62 bits per heavy atom. The standard InChI is InChI=1S/C10H9ClF2O3/c1-10(12,13)5-16-8-3-2-6(9(14)15)4-7(8)11/h2-4H,5H2,1H3,(H,14,15). The Kier molecular flexibility index (Phi) is 3.70. The average molecular weight is 251 g/mol. The van der Waals surface area contributed by atoms with Crippen LogP contribution >= 0.6 is 11.6 Å². The molecule has 0 aliphatic rings. The van der Waals surface area contributed by atoms with Crippen LogP contribution in [0.5, 0.6) is 5.75 Å². The first-order valence-electron chi connectivity index (χ1n) is 4.33. The molecule has 0 aliphatic heterocycles. The lowest BCUT2D eigenvalue weighted by atomic mass is 10.2. The lowest BCUT2D eigenvalue weighted by Gasteiger charge is -2.13. The largest absolute Gasteiger partial charge is 0.486 e. The van der Waals surface area contributed by atoms with Crippen LogP contribution in [-0.2, 0) is 0 Å². The molecule has 0 amide bonds. The molecule has 0 aliphatic carbocycles. The molecule has 0 spiro atoms. The first-order chi connectivity index (χ1) is 7.29. The third-order valence-electron chi connectivity index (χ3n) is 1.66. The van der Waals surface area contributed by atoms with Crippen LogP contribution in [0, 0.1) is 0 Å². The Balaban J connectivity index is 2.80. The predicted molar refractivity (Wildman–Crippen MR) is 54.5 cm³/mol. The quantitative estimate of drug-likeness (QED) is 0.893. The van der Waals surface area contributed by atoms with Crippen molar-refractivity contribution in [2.24, 2.45) is 0 Å². The van der Waals surface area contributed by atoms with Gasteiger partial charge in [0, 0.05) is 6.92 Å². The number of hydrogen-bond donors (Lipinski definition) is 1. The zero-order valence-corrected chi connectivity index (χ0v) is 9.09. The van der Waals surface area contributed by atoms with Crippen LogP contribution < -0.4 is 4.74 Å². The maximum Gasteiger partial charge on any atom is 0.335 e. The molecule has 1 rings (SSSR count). The van der Waals surface area contributed by atoms with Crippen molar-refractivity contribution < 1.29 is 23.4 Å². The third kappa shape index (κ3) is 3.66. The summed E-state index contributed by atoms with van der Waals surface area (Å²) in [6, 6.07) is 3.63. The van der Waals surface area contributed by atoms with E-state index in [2.05, 4.69) is 0 Å². The Morgan fingerprint density at radius 1 is 1.56 bits per heavy atom. The van der Waals surface area contributed by atoms with Crippen molar-refractivity contribution in [3.8, 4) is 5.75 Å². The number of carboxylic acids is 1. The monoisotopic (exact) mass is 250 g/mol. The van der Waals surface area contributed by atoms with Crippen LogP contribution in [0.3, 0.4) is 0 Å². The number of benzene rings is 1. The first kappa shape index (κ1) is 12.7. The minimum absolute atomic E-state index is 0.0100. The maximum atomic E-state index is 12.5. The molecule has 0 aromatic heterocycles. The third-order valence-corrected chi connectivity index (χ3v) is 1.96. The molecule has 1 aromatic rings. The van der Waals surface area contributed by atoms with Crippen LogP contribution in [0.25, 0.3) is 0 Å². The van der Waals surface area contributed by atoms with Gasteiger partial charge in [0.1, 0.15) is 5.75 Å². The second kappa shape index (κ2) is 4.65. The van der Waals surface area contributed by atoms with E-state index in [9.17, 15) is 13.6 Å². The second-order valence-electron chi connectivity index (χ2n) is 3.31. The number of hydrogen-bond acceptors (Lipinski definition) is 2. The fourth-order valence-corrected chi connectivity index (χ4v) is 1.19. The SMILES string of the molecule is CC(F)(F)COc1ccc(C(=O)O)cc1Cl. The lowest BCUT2D eigenvalue weighted by molar-refractivity contribution is -0.0229. The molecule has 88 valence electrons. The van der Waals surface area contributed by atoms with Gasteiger partial charge in [-0.05, 0) is 18.2 Å². The van der Waals surface area contributed by atoms with E-state index in [4.69, 9.17) is 21.4 Å². The van der Waals surface area contributed by atoms with Gasteiger partial charge in [-0.15, -0.1) is 0 Å². The van der Waals surface area contributed by atoms with E-state index < -0.39 is 18.5 Å². The fraction of sp³-hybridized carbons (Fsp3) is 0.300. The molecule has 16 heavy (non-hydrogen) atoms. The van der Waals surface area contributed by atoms with E-state index in [1.807, 2.05) is 0 Å². The topological polar surface area (TPSA) is 46.5 Å². The van der Waals surface area contributed by atoms with E-state index in [0.29, 0.717) is 6.92 Å². The molecule has 1 aromatic carbocycles. The Bertz CT molecular complexity index is 402. The van der Waals surface area contributed by atoms with E-state index in [1.54, 1.807) is 0 Å². The van der Waals surface area contributed by atoms with E-state index in [1.165, 1.54) is 12.1 Å². The minimum atomic E-state index is -2.96. The van der Waals surface area contributed by atoms with Gasteiger partial charge in [0.15, 0.2) is 6.61 Å². The van der Waals surface area contributed by atoms with E-state index in [-0.39, 0.29) is 16.3 Å². The van der Waals surface area contributed by atoms with Gasteiger partial charge >= 0.3 is 5.97 Å². The summed E-state index contributed by atoms with van der Waals surface area (Å²) in [5, 5.41) is 8.63. The van der Waals surface area contributed by atoms with Gasteiger partial charge in [-0.25, -0.2) is 13.6 Å². The lowest BCUT2D eigenvalue weighted by Crippen LogP contribution is -2.21. The van der Waals surface area contributed by atoms with Gasteiger partial charge in [-0.3, -0.25) is 0 Å². The number of rotatable bonds is 4. The summed E-state index contributed by atoms with van der Waals surface area (Å²) < 4.78 is 29.7. The van der Waals surface area contributed by atoms with Crippen molar-refractivity contribution in [3.05, 3.63) is 28.8 Å². The molecule has 0 fully saturated rings. The molecule has 0 bridgehead atoms. The van der Waals surface area contributed by atoms with E-state index in [0.717, 1.165) is 6.07 Å². The molecule has 0 saturated carbocycles. The Morgan fingerprint density at radius 2 is 2.19 bits per heavy atom. The van der Waals surface area contributed by atoms with Crippen molar-refractivity contribution in [2.75, 3.05) is 6.61 Å². The molecule has 3 nitrogen and oxygen atoms in total. The highest BCUT2D eigenvalue weighted by atomic mass is 35.5. The summed E-state index contributed by atoms with van der Waals surface area (Å²) in [5.41, 5.74) is -0.0272. The molecule has 6 heteroatoms. The van der Waals surface area contributed by atoms with Crippen LogP contribution in [0.2, 0.25) is 5.02 Å². The van der Waals surface area contributed by atoms with Crippen molar-refractivity contribution in [1.29, 1.82) is 0 Å². The van der Waals surface area contributed by atoms with Gasteiger partial charge in [-0.2, -0.15) is 0 Å². The number of carboxylic acid groups (broad SMARTS) is 1. The summed E-state index contributed by atoms with van der Waals surface area (Å²) in [7, 11) is 0. The van der Waals surface area contributed by atoms with Gasteiger partial charge in [0.2, 0.25) is 0 Å². The van der Waals surface area contributed by atoms with E-state index >= 15 is 0 Å². The number of ether oxygens (including phenoxy) is 1. The van der Waals surface area contributed by atoms with Gasteiger partial charge in [0.05, 0.1) is 10.6 Å². The highest BCUT2D eigenvalue weighted by molar-refractivity contribution is 6.32. The minimum Gasteiger partial charge on any atom is -0.486 e. The number of alkyl halides is 2. The van der Waals surface area contributed by atoms with Crippen molar-refractivity contribution in [3.63, 3.8) is 0 Å². The van der Waals surface area contributed by atoms with Crippen LogP contribution in [0.15, 0.2) is 18.2 Å². The highest BCUT2D eigenvalue weighted by Gasteiger charge is 2.22. The zero-order valence-electron chi connectivity index (χ0n) is 8.34. The fourth-order valence-electron chi connectivity index (χ4n) is 0.955. The molecule has 0 unspecified atom stereocenters. The second-order valence-corrected chi connectivity index (χ2v) is 3.72. The number of carbonyl (C=O) groups is 1. The van der Waals surface area contributed by atoms with Crippen molar-refractivity contribution in [2.45, 2.75) is 12.8 Å². The highest BCUT2D eigenvalue weighted by Crippen LogP contribution is 2.27. The van der Waals surface area contributed by atoms with Crippen molar-refractivity contribution >= 4 is 17.6 Å². The molecule has 0 radical (unpaired) electrons. The van der Waals surface area contributed by atoms with Gasteiger partial charge in [0.25, 0.3) is 5.92 Å². The summed E-state index contributed by atoms with van der Waals surface area (Å²) in [5.74, 6) is -4.07. The van der Waals surface area contributed by atoms with Crippen LogP contribution in [-0.4, -0.2) is 23.6 Å². The maximum absolute atomic E-state index is 12.5. The van der Waals surface area contributed by atoms with Crippen molar-refractivity contribution in [1.82, 2.24) is 0 Å². The molecule has 0 heterocycles. The molecule has 0 atom stereocenters. The molecule has 1 N–H and O–H groups in total. The normalized spacial score (nSPS) is 11.2. The summed E-state index contributed by atoms with van der Waals surface area (Å²) >= 11 is 5.67. The number of aromatic carboxylic acids is 1. The van der Waals surface area contributed by atoms with Gasteiger partial charge < -0.3 is 9.84 Å². The predicted octanol–water partition coefficient (Wildman–Crippen LogP) is 3.07. The van der Waals surface area contributed by atoms with Crippen LogP contribution in [0.4, 0.5) is 8.78 Å². The number of halogens is 3. The smallest absolute Gasteiger partial charge is 0.335 e. The Hall–Kier alpha value is -1.36. The van der Waals surface area contributed by atoms with Gasteiger partial charge in [-0.1, -0.05) is 11.6 Å². The molecular formula is C10H9ClF2O3. The molecule has 0 saturated heterocycles. The summed E-state index contributed by atoms with van der Waals surface area (Å²) in [4.78, 5) is 10.6. The first-order valence-corrected chi connectivity index (χ1v) is 4.71. The summed E-state index contributed by atoms with van der Waals surface area (Å²) in [6.45, 7) is -0.0916. The Labute approximate surface area is 95.6 Å². The van der Waals surface area contributed by atoms with Crippen LogP contribution in [0.1, 0.15) is 17.3 Å². The zero-order chi connectivity index (χ0) is 12.3. The molecular weight excluding hydrogens is 242 g/mol. The average Bonchev–Trinajstić information content (AvgIpc) is 2.14. The summed E-state index contributed by atoms with van der Waals surface area (Å²) in [6.07, 6.45) is 0.